The quantitative estimate of drug-likeness (QED) is 0.902. The highest BCUT2D eigenvalue weighted by Gasteiger charge is 2.27. The summed E-state index contributed by atoms with van der Waals surface area (Å²) in [7, 11) is 0. The highest BCUT2D eigenvalue weighted by molar-refractivity contribution is 5.37. The molecule has 2 aromatic carbocycles. The van der Waals surface area contributed by atoms with Crippen molar-refractivity contribution >= 4 is 0 Å². The predicted molar refractivity (Wildman–Crippen MR) is 80.0 cm³/mol. The molecule has 2 nitrogen and oxygen atoms in total. The Morgan fingerprint density at radius 3 is 2.75 bits per heavy atom. The molecule has 3 rings (SSSR count). The second kappa shape index (κ2) is 5.29. The van der Waals surface area contributed by atoms with Crippen molar-refractivity contribution in [3.05, 3.63) is 64.7 Å². The zero-order chi connectivity index (χ0) is 14.1. The Kier molecular flexibility index (Phi) is 3.49. The van der Waals surface area contributed by atoms with E-state index in [1.807, 2.05) is 24.3 Å². The molecule has 1 aliphatic rings. The van der Waals surface area contributed by atoms with Gasteiger partial charge in [0.1, 0.15) is 5.75 Å². The van der Waals surface area contributed by atoms with Crippen LogP contribution < -0.4 is 4.74 Å². The summed E-state index contributed by atoms with van der Waals surface area (Å²) in [4.78, 5) is 0. The fraction of sp³-hybridized carbons (Fsp3) is 0.333. The molecule has 0 aliphatic carbocycles. The summed E-state index contributed by atoms with van der Waals surface area (Å²) < 4.78 is 5.78. The van der Waals surface area contributed by atoms with E-state index in [0.717, 1.165) is 23.3 Å². The molecule has 20 heavy (non-hydrogen) atoms. The molecule has 2 aromatic rings. The maximum absolute atomic E-state index is 10.7. The van der Waals surface area contributed by atoms with Gasteiger partial charge in [-0.3, -0.25) is 0 Å². The van der Waals surface area contributed by atoms with Crippen LogP contribution in [-0.2, 0) is 6.42 Å². The van der Waals surface area contributed by atoms with Crippen molar-refractivity contribution in [1.82, 2.24) is 0 Å². The first-order chi connectivity index (χ1) is 9.65. The summed E-state index contributed by atoms with van der Waals surface area (Å²) in [6, 6.07) is 14.3. The van der Waals surface area contributed by atoms with Crippen LogP contribution in [0.2, 0.25) is 0 Å². The summed E-state index contributed by atoms with van der Waals surface area (Å²) in [5, 5.41) is 10.7. The van der Waals surface area contributed by atoms with E-state index in [2.05, 4.69) is 32.0 Å². The maximum Gasteiger partial charge on any atom is 0.122 e. The number of fused-ring (bicyclic) bond motifs is 1. The smallest absolute Gasteiger partial charge is 0.122 e. The number of rotatable bonds is 2. The third-order valence-electron chi connectivity index (χ3n) is 4.10. The lowest BCUT2D eigenvalue weighted by molar-refractivity contribution is 0.0640. The Balaban J connectivity index is 1.84. The van der Waals surface area contributed by atoms with Crippen molar-refractivity contribution in [2.45, 2.75) is 26.4 Å². The zero-order valence-corrected chi connectivity index (χ0v) is 12.0. The first-order valence-electron chi connectivity index (χ1n) is 7.11. The second-order valence-corrected chi connectivity index (χ2v) is 5.69. The fourth-order valence-electron chi connectivity index (χ4n) is 2.97. The number of aliphatic hydroxyl groups is 1. The van der Waals surface area contributed by atoms with Gasteiger partial charge < -0.3 is 9.84 Å². The summed E-state index contributed by atoms with van der Waals surface area (Å²) in [5.41, 5.74) is 4.58. The molecule has 0 aromatic heterocycles. The lowest BCUT2D eigenvalue weighted by Crippen LogP contribution is -2.27. The summed E-state index contributed by atoms with van der Waals surface area (Å²) in [6.45, 7) is 4.71. The van der Waals surface area contributed by atoms with Crippen molar-refractivity contribution in [3.63, 3.8) is 0 Å². The Labute approximate surface area is 120 Å². The van der Waals surface area contributed by atoms with Gasteiger partial charge in [-0.15, -0.1) is 0 Å². The fourth-order valence-corrected chi connectivity index (χ4v) is 2.97. The lowest BCUT2D eigenvalue weighted by atomic mass is 9.86. The lowest BCUT2D eigenvalue weighted by Gasteiger charge is -2.29. The molecular weight excluding hydrogens is 248 g/mol. The maximum atomic E-state index is 10.7. The minimum atomic E-state index is -0.469. The molecule has 0 saturated heterocycles. The molecule has 0 fully saturated rings. The first-order valence-corrected chi connectivity index (χ1v) is 7.11. The van der Waals surface area contributed by atoms with Crippen LogP contribution in [0, 0.1) is 19.8 Å². The molecule has 104 valence electrons. The molecule has 0 bridgehead atoms. The first kappa shape index (κ1) is 13.2. The number of hydrogen-bond donors (Lipinski definition) is 1. The van der Waals surface area contributed by atoms with E-state index >= 15 is 0 Å². The zero-order valence-electron chi connectivity index (χ0n) is 12.0. The standard InChI is InChI=1S/C18H20O2/c1-12-7-8-16(13(2)9-12)18(19)15-10-14-5-3-4-6-17(14)20-11-15/h3-9,15,18-19H,10-11H2,1-2H3. The van der Waals surface area contributed by atoms with Gasteiger partial charge in [0, 0.05) is 5.92 Å². The van der Waals surface area contributed by atoms with Crippen LogP contribution in [-0.4, -0.2) is 11.7 Å². The molecule has 1 N–H and O–H groups in total. The summed E-state index contributed by atoms with van der Waals surface area (Å²) >= 11 is 0. The van der Waals surface area contributed by atoms with Gasteiger partial charge in [0.05, 0.1) is 12.7 Å². The van der Waals surface area contributed by atoms with Gasteiger partial charge in [-0.2, -0.15) is 0 Å². The van der Waals surface area contributed by atoms with Crippen LogP contribution >= 0.6 is 0 Å². The van der Waals surface area contributed by atoms with Crippen LogP contribution in [0.4, 0.5) is 0 Å². The summed E-state index contributed by atoms with van der Waals surface area (Å²) in [6.07, 6.45) is 0.397. The van der Waals surface area contributed by atoms with Crippen LogP contribution in [0.1, 0.15) is 28.4 Å². The number of benzene rings is 2. The van der Waals surface area contributed by atoms with Crippen molar-refractivity contribution in [1.29, 1.82) is 0 Å². The van der Waals surface area contributed by atoms with E-state index in [1.165, 1.54) is 11.1 Å². The minimum Gasteiger partial charge on any atom is -0.493 e. The Bertz CT molecular complexity index is 619. The molecule has 2 heteroatoms. The van der Waals surface area contributed by atoms with E-state index in [-0.39, 0.29) is 5.92 Å². The van der Waals surface area contributed by atoms with Gasteiger partial charge in [0.2, 0.25) is 0 Å². The number of para-hydroxylation sites is 1. The average molecular weight is 268 g/mol. The van der Waals surface area contributed by atoms with E-state index in [4.69, 9.17) is 4.74 Å². The monoisotopic (exact) mass is 268 g/mol. The van der Waals surface area contributed by atoms with Crippen molar-refractivity contribution in [2.75, 3.05) is 6.61 Å². The van der Waals surface area contributed by atoms with Gasteiger partial charge in [0.15, 0.2) is 0 Å². The van der Waals surface area contributed by atoms with Gasteiger partial charge in [-0.1, -0.05) is 42.0 Å². The van der Waals surface area contributed by atoms with Gasteiger partial charge in [-0.05, 0) is 43.0 Å². The molecule has 1 aliphatic heterocycles. The Morgan fingerprint density at radius 2 is 1.95 bits per heavy atom. The molecule has 1 heterocycles. The van der Waals surface area contributed by atoms with Crippen LogP contribution in [0.25, 0.3) is 0 Å². The molecule has 2 atom stereocenters. The number of aryl methyl sites for hydroxylation is 2. The molecular formula is C18H20O2. The Hall–Kier alpha value is -1.80. The van der Waals surface area contributed by atoms with Crippen molar-refractivity contribution in [2.24, 2.45) is 5.92 Å². The molecule has 2 unspecified atom stereocenters. The van der Waals surface area contributed by atoms with Gasteiger partial charge in [0.25, 0.3) is 0 Å². The van der Waals surface area contributed by atoms with E-state index < -0.39 is 6.10 Å². The van der Waals surface area contributed by atoms with E-state index in [0.29, 0.717) is 6.61 Å². The number of hydrogen-bond acceptors (Lipinski definition) is 2. The normalized spacial score (nSPS) is 19.1. The van der Waals surface area contributed by atoms with Crippen LogP contribution in [0.5, 0.6) is 5.75 Å². The highest BCUT2D eigenvalue weighted by atomic mass is 16.5. The van der Waals surface area contributed by atoms with Crippen LogP contribution in [0.15, 0.2) is 42.5 Å². The van der Waals surface area contributed by atoms with Crippen LogP contribution in [0.3, 0.4) is 0 Å². The molecule has 0 saturated carbocycles. The predicted octanol–water partition coefficient (Wildman–Crippen LogP) is 3.59. The number of aliphatic hydroxyl groups excluding tert-OH is 1. The van der Waals surface area contributed by atoms with Crippen molar-refractivity contribution in [3.8, 4) is 5.75 Å². The largest absolute Gasteiger partial charge is 0.493 e. The number of ether oxygens (including phenoxy) is 1. The Morgan fingerprint density at radius 1 is 1.15 bits per heavy atom. The molecule has 0 amide bonds. The third-order valence-corrected chi connectivity index (χ3v) is 4.10. The summed E-state index contributed by atoms with van der Waals surface area (Å²) in [5.74, 6) is 1.07. The van der Waals surface area contributed by atoms with Gasteiger partial charge in [-0.25, -0.2) is 0 Å². The van der Waals surface area contributed by atoms with Gasteiger partial charge >= 0.3 is 0 Å². The molecule has 0 radical (unpaired) electrons. The third kappa shape index (κ3) is 2.44. The SMILES string of the molecule is Cc1ccc(C(O)C2COc3ccccc3C2)c(C)c1. The topological polar surface area (TPSA) is 29.5 Å². The molecule has 0 spiro atoms. The minimum absolute atomic E-state index is 0.117. The average Bonchev–Trinajstić information content (AvgIpc) is 2.46. The van der Waals surface area contributed by atoms with E-state index in [9.17, 15) is 5.11 Å². The van der Waals surface area contributed by atoms with Crippen molar-refractivity contribution < 1.29 is 9.84 Å². The second-order valence-electron chi connectivity index (χ2n) is 5.69. The van der Waals surface area contributed by atoms with E-state index in [1.54, 1.807) is 0 Å². The highest BCUT2D eigenvalue weighted by Crippen LogP contribution is 2.34.